The van der Waals surface area contributed by atoms with Gasteiger partial charge >= 0.3 is 22.4 Å². The average molecular weight is 587 g/mol. The first-order valence-electron chi connectivity index (χ1n) is 9.71. The maximum absolute atomic E-state index is 14.5. The number of aliphatic imine (C=N–C) groups is 1. The van der Waals surface area contributed by atoms with E-state index in [2.05, 4.69) is 4.99 Å². The van der Waals surface area contributed by atoms with Crippen LogP contribution in [0.4, 0.5) is 45.8 Å². The van der Waals surface area contributed by atoms with Gasteiger partial charge in [-0.2, -0.15) is 13.2 Å². The van der Waals surface area contributed by atoms with Crippen LogP contribution in [0.1, 0.15) is 24.0 Å². The fourth-order valence-electron chi connectivity index (χ4n) is 3.54. The lowest BCUT2D eigenvalue weighted by Crippen LogP contribution is -2.53. The molecule has 3 N–H and O–H groups in total. The van der Waals surface area contributed by atoms with E-state index in [1.807, 2.05) is 0 Å². The van der Waals surface area contributed by atoms with Gasteiger partial charge in [0.2, 0.25) is 5.91 Å². The second-order valence-electron chi connectivity index (χ2n) is 8.03. The number of alkyl halides is 3. The molecule has 0 bridgehead atoms. The van der Waals surface area contributed by atoms with Crippen molar-refractivity contribution in [3.05, 3.63) is 65.0 Å². The second kappa shape index (κ2) is 8.74. The molecular formula is C20H16F11N3O3S. The Labute approximate surface area is 206 Å². The van der Waals surface area contributed by atoms with Gasteiger partial charge in [0, 0.05) is 19.2 Å². The standard InChI is InChI=1S/C18H15F8N3OS.C2HF3O2/c1-18(15-12(20)7-10(19)8-13(15)21)14(16(30)29(2)17(27)28-18)9-3-5-11(6-4-9)31(22,23,24,25)26;3-2(4,5)1(6)7/h3-8,14H,1-2H3,(H2,27,28);(H,6,7)/t14-,18-;/m0./s1. The van der Waals surface area contributed by atoms with E-state index in [0.717, 1.165) is 18.9 Å². The SMILES string of the molecule is CN1C(=O)[C@H](c2ccc(S(F)(F)(F)(F)F)cc2)[C@@](C)(c2c(F)cc(F)cc2F)N=C1N.O=C(O)C(F)(F)F. The highest BCUT2D eigenvalue weighted by atomic mass is 32.5. The van der Waals surface area contributed by atoms with Gasteiger partial charge in [-0.1, -0.05) is 31.6 Å². The van der Waals surface area contributed by atoms with Crippen molar-refractivity contribution >= 4 is 28.1 Å². The quantitative estimate of drug-likeness (QED) is 0.420. The molecule has 18 heteroatoms. The molecule has 0 saturated carbocycles. The van der Waals surface area contributed by atoms with Crippen LogP contribution in [0.5, 0.6) is 0 Å². The number of likely N-dealkylation sites (N-methyl/N-ethyl adjacent to an activating group) is 1. The van der Waals surface area contributed by atoms with Crippen molar-refractivity contribution in [2.45, 2.75) is 29.5 Å². The molecule has 1 amide bonds. The summed E-state index contributed by atoms with van der Waals surface area (Å²) in [7, 11) is -8.83. The Morgan fingerprint density at radius 2 is 1.45 bits per heavy atom. The molecule has 0 saturated heterocycles. The van der Waals surface area contributed by atoms with Gasteiger partial charge < -0.3 is 10.8 Å². The summed E-state index contributed by atoms with van der Waals surface area (Å²) in [6.07, 6.45) is -5.08. The Morgan fingerprint density at radius 1 is 1.03 bits per heavy atom. The molecule has 0 aromatic heterocycles. The van der Waals surface area contributed by atoms with Crippen molar-refractivity contribution in [1.29, 1.82) is 0 Å². The number of benzene rings is 2. The van der Waals surface area contributed by atoms with E-state index in [1.54, 1.807) is 0 Å². The van der Waals surface area contributed by atoms with Crippen molar-refractivity contribution in [2.24, 2.45) is 10.7 Å². The van der Waals surface area contributed by atoms with Gasteiger partial charge in [-0.3, -0.25) is 9.69 Å². The van der Waals surface area contributed by atoms with Crippen LogP contribution in [-0.2, 0) is 15.1 Å². The minimum Gasteiger partial charge on any atom is -0.475 e. The lowest BCUT2D eigenvalue weighted by atomic mass is 9.74. The lowest BCUT2D eigenvalue weighted by Gasteiger charge is -2.42. The van der Waals surface area contributed by atoms with Crippen LogP contribution in [-0.4, -0.2) is 41.1 Å². The highest BCUT2D eigenvalue weighted by Crippen LogP contribution is 3.02. The van der Waals surface area contributed by atoms with Crippen molar-refractivity contribution in [1.82, 2.24) is 4.90 Å². The molecule has 6 nitrogen and oxygen atoms in total. The Bertz CT molecular complexity index is 1290. The van der Waals surface area contributed by atoms with Crippen LogP contribution in [0.15, 0.2) is 46.3 Å². The summed E-state index contributed by atoms with van der Waals surface area (Å²) in [6, 6.07) is 2.02. The first kappa shape index (κ1) is 30.7. The molecule has 38 heavy (non-hydrogen) atoms. The number of carbonyl (C=O) groups is 2. The zero-order valence-electron chi connectivity index (χ0n) is 18.8. The number of aliphatic carboxylic acids is 1. The third-order valence-corrected chi connectivity index (χ3v) is 6.41. The minimum atomic E-state index is -9.99. The van der Waals surface area contributed by atoms with Crippen LogP contribution in [0, 0.1) is 17.5 Å². The first-order valence-corrected chi connectivity index (χ1v) is 11.7. The monoisotopic (exact) mass is 587 g/mol. The van der Waals surface area contributed by atoms with Gasteiger partial charge in [-0.15, -0.1) is 0 Å². The van der Waals surface area contributed by atoms with Gasteiger partial charge in [0.05, 0.1) is 11.5 Å². The molecule has 0 aliphatic carbocycles. The Balaban J connectivity index is 0.000000638. The normalized spacial score (nSPS) is 22.0. The topological polar surface area (TPSA) is 96.0 Å². The predicted molar refractivity (Wildman–Crippen MR) is 112 cm³/mol. The summed E-state index contributed by atoms with van der Waals surface area (Å²) in [4.78, 5) is 24.4. The maximum atomic E-state index is 14.5. The van der Waals surface area contributed by atoms with Gasteiger partial charge in [0.1, 0.15) is 27.9 Å². The molecule has 1 aliphatic heterocycles. The molecule has 0 unspecified atom stereocenters. The number of nitrogens with two attached hydrogens (primary N) is 1. The van der Waals surface area contributed by atoms with E-state index >= 15 is 0 Å². The van der Waals surface area contributed by atoms with Crippen LogP contribution in [0.3, 0.4) is 0 Å². The molecule has 0 fully saturated rings. The number of amides is 1. The van der Waals surface area contributed by atoms with Gasteiger partial charge in [-0.05, 0) is 24.6 Å². The summed E-state index contributed by atoms with van der Waals surface area (Å²) < 4.78 is 139. The van der Waals surface area contributed by atoms with E-state index < -0.39 is 73.6 Å². The second-order valence-corrected chi connectivity index (χ2v) is 10.4. The Hall–Kier alpha value is -3.57. The van der Waals surface area contributed by atoms with Crippen LogP contribution < -0.4 is 5.73 Å². The summed E-state index contributed by atoms with van der Waals surface area (Å²) in [5.74, 6) is -9.88. The van der Waals surface area contributed by atoms with Crippen LogP contribution in [0.25, 0.3) is 0 Å². The molecule has 3 rings (SSSR count). The average Bonchev–Trinajstić information content (AvgIpc) is 2.69. The number of carboxylic acid groups (broad SMARTS) is 1. The van der Waals surface area contributed by atoms with Crippen molar-refractivity contribution in [3.63, 3.8) is 0 Å². The summed E-state index contributed by atoms with van der Waals surface area (Å²) >= 11 is 0. The fraction of sp³-hybridized carbons (Fsp3) is 0.250. The number of carboxylic acids is 1. The maximum Gasteiger partial charge on any atom is 0.490 e. The smallest absolute Gasteiger partial charge is 0.475 e. The molecular weight excluding hydrogens is 571 g/mol. The number of guanidine groups is 1. The zero-order chi connectivity index (χ0) is 29.7. The first-order chi connectivity index (χ1) is 16.8. The molecule has 0 radical (unpaired) electrons. The molecule has 212 valence electrons. The van der Waals surface area contributed by atoms with Crippen molar-refractivity contribution < 1.29 is 60.5 Å². The van der Waals surface area contributed by atoms with Gasteiger partial charge in [0.15, 0.2) is 5.96 Å². The third kappa shape index (κ3) is 6.28. The molecule has 2 aromatic rings. The molecule has 2 atom stereocenters. The minimum absolute atomic E-state index is 0.0731. The number of nitrogens with zero attached hydrogens (tertiary/aromatic N) is 2. The highest BCUT2D eigenvalue weighted by Gasteiger charge is 2.65. The van der Waals surface area contributed by atoms with Crippen molar-refractivity contribution in [2.75, 3.05) is 7.05 Å². The predicted octanol–water partition coefficient (Wildman–Crippen LogP) is 6.18. The van der Waals surface area contributed by atoms with E-state index in [4.69, 9.17) is 15.6 Å². The summed E-state index contributed by atoms with van der Waals surface area (Å²) in [5, 5.41) is 7.12. The van der Waals surface area contributed by atoms with Crippen molar-refractivity contribution in [3.8, 4) is 0 Å². The van der Waals surface area contributed by atoms with E-state index in [9.17, 15) is 50.6 Å². The largest absolute Gasteiger partial charge is 0.490 e. The van der Waals surface area contributed by atoms with Gasteiger partial charge in [0.25, 0.3) is 0 Å². The summed E-state index contributed by atoms with van der Waals surface area (Å²) in [5.41, 5.74) is 2.35. The fourth-order valence-corrected chi connectivity index (χ4v) is 4.19. The highest BCUT2D eigenvalue weighted by molar-refractivity contribution is 8.45. The number of hydrogen-bond donors (Lipinski definition) is 2. The molecule has 1 aliphatic rings. The van der Waals surface area contributed by atoms with E-state index in [-0.39, 0.29) is 17.7 Å². The Morgan fingerprint density at radius 3 is 1.82 bits per heavy atom. The lowest BCUT2D eigenvalue weighted by molar-refractivity contribution is -0.192. The van der Waals surface area contributed by atoms with Gasteiger partial charge in [-0.25, -0.2) is 23.0 Å². The number of rotatable bonds is 3. The third-order valence-electron chi connectivity index (χ3n) is 5.24. The molecule has 2 aromatic carbocycles. The number of halogens is 11. The Kier molecular flexibility index (Phi) is 7.05. The van der Waals surface area contributed by atoms with E-state index in [1.165, 1.54) is 0 Å². The summed E-state index contributed by atoms with van der Waals surface area (Å²) in [6.45, 7) is 1.08. The number of carbonyl (C=O) groups excluding carboxylic acids is 1. The molecule has 0 spiro atoms. The van der Waals surface area contributed by atoms with Crippen LogP contribution in [0.2, 0.25) is 0 Å². The van der Waals surface area contributed by atoms with E-state index in [0.29, 0.717) is 24.3 Å². The van der Waals surface area contributed by atoms with Crippen LogP contribution >= 0.6 is 10.2 Å². The molecule has 1 heterocycles. The zero-order valence-corrected chi connectivity index (χ0v) is 19.7. The number of hydrogen-bond acceptors (Lipinski definition) is 4.